The van der Waals surface area contributed by atoms with Crippen molar-refractivity contribution >= 4 is 33.4 Å². The quantitative estimate of drug-likeness (QED) is 0.723. The second-order valence-corrected chi connectivity index (χ2v) is 9.17. The molecule has 1 saturated heterocycles. The van der Waals surface area contributed by atoms with Gasteiger partial charge in [0.05, 0.1) is 17.1 Å². The Labute approximate surface area is 168 Å². The minimum atomic E-state index is -3.73. The number of halogens is 1. The van der Waals surface area contributed by atoms with Crippen LogP contribution in [0.15, 0.2) is 58.3 Å². The number of sulfonamides is 1. The van der Waals surface area contributed by atoms with Gasteiger partial charge in [0, 0.05) is 31.1 Å². The van der Waals surface area contributed by atoms with Gasteiger partial charge in [-0.2, -0.15) is 4.31 Å². The van der Waals surface area contributed by atoms with Crippen molar-refractivity contribution in [3.8, 4) is 0 Å². The first-order valence-corrected chi connectivity index (χ1v) is 11.5. The van der Waals surface area contributed by atoms with Crippen LogP contribution in [0, 0.1) is 5.82 Å². The van der Waals surface area contributed by atoms with E-state index in [0.717, 1.165) is 16.6 Å². The Kier molecular flexibility index (Phi) is 6.71. The van der Waals surface area contributed by atoms with E-state index in [-0.39, 0.29) is 30.4 Å². The maximum absolute atomic E-state index is 13.4. The Bertz CT molecular complexity index is 945. The monoisotopic (exact) mass is 423 g/mol. The first kappa shape index (κ1) is 20.8. The highest BCUT2D eigenvalue weighted by molar-refractivity contribution is 7.98. The van der Waals surface area contributed by atoms with Crippen LogP contribution in [0.4, 0.5) is 10.1 Å². The number of nitrogens with one attached hydrogen (secondary N) is 1. The number of nitrogens with zero attached hydrogens (tertiary/aromatic N) is 2. The molecule has 0 bridgehead atoms. The SMILES string of the molecule is CSc1ccccc1NC(=O)CN1CCN(S(=O)(=O)c2cccc(F)c2)CC1. The van der Waals surface area contributed by atoms with Crippen LogP contribution in [0.5, 0.6) is 0 Å². The minimum absolute atomic E-state index is 0.0487. The van der Waals surface area contributed by atoms with Gasteiger partial charge in [-0.05, 0) is 36.6 Å². The summed E-state index contributed by atoms with van der Waals surface area (Å²) in [6.45, 7) is 1.58. The molecule has 0 spiro atoms. The number of para-hydroxylation sites is 1. The van der Waals surface area contributed by atoms with Crippen molar-refractivity contribution in [1.29, 1.82) is 0 Å². The Balaban J connectivity index is 1.56. The van der Waals surface area contributed by atoms with Crippen molar-refractivity contribution in [2.24, 2.45) is 0 Å². The first-order valence-electron chi connectivity index (χ1n) is 8.81. The molecular formula is C19H22FN3O3S2. The molecule has 1 fully saturated rings. The lowest BCUT2D eigenvalue weighted by molar-refractivity contribution is -0.117. The van der Waals surface area contributed by atoms with Crippen molar-refractivity contribution in [3.05, 3.63) is 54.3 Å². The van der Waals surface area contributed by atoms with E-state index in [1.54, 1.807) is 11.8 Å². The molecule has 2 aromatic rings. The number of rotatable bonds is 6. The summed E-state index contributed by atoms with van der Waals surface area (Å²) in [7, 11) is -3.73. The van der Waals surface area contributed by atoms with E-state index in [2.05, 4.69) is 5.32 Å². The summed E-state index contributed by atoms with van der Waals surface area (Å²) < 4.78 is 40.0. The van der Waals surface area contributed by atoms with Crippen LogP contribution >= 0.6 is 11.8 Å². The fourth-order valence-corrected chi connectivity index (χ4v) is 5.05. The highest BCUT2D eigenvalue weighted by atomic mass is 32.2. The van der Waals surface area contributed by atoms with Crippen molar-refractivity contribution in [2.45, 2.75) is 9.79 Å². The summed E-state index contributed by atoms with van der Waals surface area (Å²) in [5.41, 5.74) is 0.771. The topological polar surface area (TPSA) is 69.7 Å². The molecule has 9 heteroatoms. The van der Waals surface area contributed by atoms with E-state index in [1.807, 2.05) is 35.4 Å². The van der Waals surface area contributed by atoms with Crippen LogP contribution in [-0.4, -0.2) is 62.5 Å². The lowest BCUT2D eigenvalue weighted by Crippen LogP contribution is -2.50. The third kappa shape index (κ3) is 4.91. The number of hydrogen-bond acceptors (Lipinski definition) is 5. The van der Waals surface area contributed by atoms with Crippen molar-refractivity contribution < 1.29 is 17.6 Å². The zero-order valence-electron chi connectivity index (χ0n) is 15.5. The van der Waals surface area contributed by atoms with Crippen LogP contribution in [0.25, 0.3) is 0 Å². The van der Waals surface area contributed by atoms with Gasteiger partial charge in [-0.25, -0.2) is 12.8 Å². The summed E-state index contributed by atoms with van der Waals surface area (Å²) in [6.07, 6.45) is 1.95. The molecule has 0 saturated carbocycles. The number of benzene rings is 2. The lowest BCUT2D eigenvalue weighted by atomic mass is 10.3. The number of piperazine rings is 1. The molecular weight excluding hydrogens is 401 g/mol. The van der Waals surface area contributed by atoms with Crippen molar-refractivity contribution in [2.75, 3.05) is 44.3 Å². The zero-order chi connectivity index (χ0) is 20.1. The molecule has 1 aliphatic heterocycles. The van der Waals surface area contributed by atoms with Crippen LogP contribution in [0.1, 0.15) is 0 Å². The maximum atomic E-state index is 13.4. The maximum Gasteiger partial charge on any atom is 0.243 e. The van der Waals surface area contributed by atoms with Gasteiger partial charge in [0.25, 0.3) is 0 Å². The molecule has 0 radical (unpaired) electrons. The van der Waals surface area contributed by atoms with Gasteiger partial charge in [-0.1, -0.05) is 18.2 Å². The van der Waals surface area contributed by atoms with E-state index >= 15 is 0 Å². The van der Waals surface area contributed by atoms with Gasteiger partial charge in [0.15, 0.2) is 0 Å². The average molecular weight is 424 g/mol. The van der Waals surface area contributed by atoms with E-state index in [1.165, 1.54) is 22.5 Å². The normalized spacial score (nSPS) is 16.1. The van der Waals surface area contributed by atoms with Crippen LogP contribution in [0.2, 0.25) is 0 Å². The Morgan fingerprint density at radius 3 is 2.50 bits per heavy atom. The molecule has 0 atom stereocenters. The highest BCUT2D eigenvalue weighted by Crippen LogP contribution is 2.24. The van der Waals surface area contributed by atoms with Crippen LogP contribution in [-0.2, 0) is 14.8 Å². The van der Waals surface area contributed by atoms with E-state index in [4.69, 9.17) is 0 Å². The Hall–Kier alpha value is -1.94. The van der Waals surface area contributed by atoms with Gasteiger partial charge in [0.2, 0.25) is 15.9 Å². The van der Waals surface area contributed by atoms with Crippen LogP contribution < -0.4 is 5.32 Å². The predicted octanol–water partition coefficient (Wildman–Crippen LogP) is 2.49. The van der Waals surface area contributed by atoms with Gasteiger partial charge in [-0.15, -0.1) is 11.8 Å². The minimum Gasteiger partial charge on any atom is -0.324 e. The second-order valence-electron chi connectivity index (χ2n) is 6.39. The fourth-order valence-electron chi connectivity index (χ4n) is 3.05. The Morgan fingerprint density at radius 2 is 1.82 bits per heavy atom. The third-order valence-electron chi connectivity index (χ3n) is 4.51. The number of carbonyl (C=O) groups is 1. The number of anilines is 1. The predicted molar refractivity (Wildman–Crippen MR) is 108 cm³/mol. The molecule has 1 N–H and O–H groups in total. The molecule has 150 valence electrons. The average Bonchev–Trinajstić information content (AvgIpc) is 2.69. The van der Waals surface area contributed by atoms with E-state index < -0.39 is 15.8 Å². The Morgan fingerprint density at radius 1 is 1.11 bits per heavy atom. The fraction of sp³-hybridized carbons (Fsp3) is 0.316. The van der Waals surface area contributed by atoms with E-state index in [9.17, 15) is 17.6 Å². The summed E-state index contributed by atoms with van der Waals surface area (Å²) in [5.74, 6) is -0.718. The smallest absolute Gasteiger partial charge is 0.243 e. The number of carbonyl (C=O) groups excluding carboxylic acids is 1. The van der Waals surface area contributed by atoms with E-state index in [0.29, 0.717) is 13.1 Å². The summed E-state index contributed by atoms with van der Waals surface area (Å²) >= 11 is 1.56. The standard InChI is InChI=1S/C19H22FN3O3S2/c1-27-18-8-3-2-7-17(18)21-19(24)14-22-9-11-23(12-10-22)28(25,26)16-6-4-5-15(20)13-16/h2-8,13H,9-12,14H2,1H3,(H,21,24). The summed E-state index contributed by atoms with van der Waals surface area (Å²) in [6, 6.07) is 12.6. The first-order chi connectivity index (χ1) is 13.4. The molecule has 3 rings (SSSR count). The zero-order valence-corrected chi connectivity index (χ0v) is 17.1. The van der Waals surface area contributed by atoms with Crippen molar-refractivity contribution in [1.82, 2.24) is 9.21 Å². The number of thioether (sulfide) groups is 1. The molecule has 0 aliphatic carbocycles. The molecule has 0 unspecified atom stereocenters. The molecule has 1 amide bonds. The number of amides is 1. The summed E-state index contributed by atoms with van der Waals surface area (Å²) in [5, 5.41) is 2.91. The molecule has 1 heterocycles. The largest absolute Gasteiger partial charge is 0.324 e. The van der Waals surface area contributed by atoms with Gasteiger partial charge in [-0.3, -0.25) is 9.69 Å². The van der Waals surface area contributed by atoms with Gasteiger partial charge < -0.3 is 5.32 Å². The summed E-state index contributed by atoms with van der Waals surface area (Å²) in [4.78, 5) is 15.2. The molecule has 2 aromatic carbocycles. The van der Waals surface area contributed by atoms with Crippen molar-refractivity contribution in [3.63, 3.8) is 0 Å². The second kappa shape index (κ2) is 9.04. The molecule has 0 aromatic heterocycles. The van der Waals surface area contributed by atoms with Gasteiger partial charge >= 0.3 is 0 Å². The number of hydrogen-bond donors (Lipinski definition) is 1. The molecule has 1 aliphatic rings. The van der Waals surface area contributed by atoms with Crippen LogP contribution in [0.3, 0.4) is 0 Å². The molecule has 28 heavy (non-hydrogen) atoms. The molecule has 6 nitrogen and oxygen atoms in total. The highest BCUT2D eigenvalue weighted by Gasteiger charge is 2.29. The lowest BCUT2D eigenvalue weighted by Gasteiger charge is -2.33. The van der Waals surface area contributed by atoms with Gasteiger partial charge in [0.1, 0.15) is 5.82 Å². The third-order valence-corrected chi connectivity index (χ3v) is 7.20.